The number of anilines is 2. The van der Waals surface area contributed by atoms with Crippen molar-refractivity contribution in [1.82, 2.24) is 0 Å². The van der Waals surface area contributed by atoms with E-state index in [-0.39, 0.29) is 0 Å². The van der Waals surface area contributed by atoms with Gasteiger partial charge in [0.2, 0.25) is 0 Å². The monoisotopic (exact) mass is 356 g/mol. The van der Waals surface area contributed by atoms with Gasteiger partial charge in [0.25, 0.3) is 0 Å². The third-order valence-electron chi connectivity index (χ3n) is 3.16. The molecule has 0 saturated carbocycles. The summed E-state index contributed by atoms with van der Waals surface area (Å²) in [6.45, 7) is 0. The van der Waals surface area contributed by atoms with E-state index in [0.717, 1.165) is 0 Å². The number of phosphoric acid groups is 1. The molecule has 0 aliphatic rings. The lowest BCUT2D eigenvalue weighted by molar-refractivity contribution is 0.298. The van der Waals surface area contributed by atoms with Crippen LogP contribution in [0.15, 0.2) is 78.9 Å². The lowest BCUT2D eigenvalue weighted by atomic mass is 10.3. The Hall–Kier alpha value is -3.11. The van der Waals surface area contributed by atoms with E-state index in [0.29, 0.717) is 28.6 Å². The fourth-order valence-corrected chi connectivity index (χ4v) is 3.23. The van der Waals surface area contributed by atoms with E-state index in [9.17, 15) is 4.57 Å². The molecule has 25 heavy (non-hydrogen) atoms. The predicted molar refractivity (Wildman–Crippen MR) is 97.6 cm³/mol. The van der Waals surface area contributed by atoms with E-state index in [2.05, 4.69) is 0 Å². The number of benzene rings is 3. The molecule has 0 atom stereocenters. The van der Waals surface area contributed by atoms with Crippen LogP contribution in [0.1, 0.15) is 0 Å². The van der Waals surface area contributed by atoms with Crippen LogP contribution in [0.4, 0.5) is 11.4 Å². The Bertz CT molecular complexity index is 816. The van der Waals surface area contributed by atoms with Gasteiger partial charge in [0.15, 0.2) is 0 Å². The molecule has 0 fully saturated rings. The average Bonchev–Trinajstić information content (AvgIpc) is 2.60. The molecule has 4 N–H and O–H groups in total. The lowest BCUT2D eigenvalue weighted by Gasteiger charge is -2.19. The molecule has 3 aromatic carbocycles. The molecule has 0 spiro atoms. The van der Waals surface area contributed by atoms with Crippen molar-refractivity contribution in [2.24, 2.45) is 0 Å². The topological polar surface area (TPSA) is 96.8 Å². The minimum absolute atomic E-state index is 0.309. The highest BCUT2D eigenvalue weighted by Crippen LogP contribution is 2.49. The van der Waals surface area contributed by atoms with Crippen LogP contribution < -0.4 is 25.0 Å². The molecule has 6 nitrogen and oxygen atoms in total. The Morgan fingerprint density at radius 2 is 0.920 bits per heavy atom. The van der Waals surface area contributed by atoms with Crippen LogP contribution in [0, 0.1) is 0 Å². The minimum Gasteiger partial charge on any atom is -0.399 e. The molecule has 0 unspecified atom stereocenters. The summed E-state index contributed by atoms with van der Waals surface area (Å²) in [5.41, 5.74) is 12.4. The van der Waals surface area contributed by atoms with Crippen molar-refractivity contribution in [3.05, 3.63) is 78.9 Å². The first-order valence-corrected chi connectivity index (χ1v) is 8.93. The molecule has 0 aliphatic heterocycles. The van der Waals surface area contributed by atoms with E-state index in [4.69, 9.17) is 25.0 Å². The van der Waals surface area contributed by atoms with Gasteiger partial charge in [-0.15, -0.1) is 0 Å². The summed E-state index contributed by atoms with van der Waals surface area (Å²) < 4.78 is 29.7. The summed E-state index contributed by atoms with van der Waals surface area (Å²) in [5.74, 6) is 0.976. The van der Waals surface area contributed by atoms with Crippen molar-refractivity contribution in [2.75, 3.05) is 11.5 Å². The highest BCUT2D eigenvalue weighted by atomic mass is 31.2. The molecule has 3 aromatic rings. The summed E-state index contributed by atoms with van der Waals surface area (Å²) in [5, 5.41) is 0. The van der Waals surface area contributed by atoms with Crippen LogP contribution in [0.5, 0.6) is 17.2 Å². The molecular weight excluding hydrogens is 339 g/mol. The van der Waals surface area contributed by atoms with Gasteiger partial charge in [-0.1, -0.05) is 18.2 Å². The zero-order valence-electron chi connectivity index (χ0n) is 13.2. The summed E-state index contributed by atoms with van der Waals surface area (Å²) in [6.07, 6.45) is 0. The first-order chi connectivity index (χ1) is 12.0. The number of phosphoric ester groups is 1. The molecule has 0 aromatic heterocycles. The Balaban J connectivity index is 1.87. The molecule has 0 bridgehead atoms. The van der Waals surface area contributed by atoms with Crippen molar-refractivity contribution in [1.29, 1.82) is 0 Å². The second-order valence-corrected chi connectivity index (χ2v) is 6.61. The van der Waals surface area contributed by atoms with Crippen LogP contribution >= 0.6 is 7.82 Å². The van der Waals surface area contributed by atoms with Crippen molar-refractivity contribution < 1.29 is 18.1 Å². The van der Waals surface area contributed by atoms with E-state index in [1.165, 1.54) is 0 Å². The highest BCUT2D eigenvalue weighted by molar-refractivity contribution is 7.49. The van der Waals surface area contributed by atoms with Crippen LogP contribution in [0.25, 0.3) is 0 Å². The quantitative estimate of drug-likeness (QED) is 0.499. The maximum Gasteiger partial charge on any atom is 0.647 e. The van der Waals surface area contributed by atoms with Crippen molar-refractivity contribution >= 4 is 19.2 Å². The van der Waals surface area contributed by atoms with Gasteiger partial charge in [-0.25, -0.2) is 0 Å². The summed E-state index contributed by atoms with van der Waals surface area (Å²) in [7, 11) is -4.00. The Labute approximate surface area is 145 Å². The van der Waals surface area contributed by atoms with Crippen LogP contribution in [0.2, 0.25) is 0 Å². The number of para-hydroxylation sites is 1. The van der Waals surface area contributed by atoms with Crippen LogP contribution in [0.3, 0.4) is 0 Å². The molecular formula is C18H17N2O4P. The van der Waals surface area contributed by atoms with E-state index >= 15 is 0 Å². The molecule has 0 heterocycles. The number of hydrogen-bond donors (Lipinski definition) is 2. The van der Waals surface area contributed by atoms with Gasteiger partial charge in [-0.05, 0) is 60.7 Å². The van der Waals surface area contributed by atoms with Gasteiger partial charge in [0.05, 0.1) is 0 Å². The van der Waals surface area contributed by atoms with Gasteiger partial charge in [-0.3, -0.25) is 0 Å². The SMILES string of the molecule is Nc1ccc(OP(=O)(Oc2ccccc2)Oc2ccc(N)cc2)cc1. The fraction of sp³-hybridized carbons (Fsp3) is 0. The maximum atomic E-state index is 13.2. The summed E-state index contributed by atoms with van der Waals surface area (Å²) in [6, 6.07) is 21.5. The molecule has 7 heteroatoms. The smallest absolute Gasteiger partial charge is 0.399 e. The third kappa shape index (κ3) is 4.68. The van der Waals surface area contributed by atoms with Crippen molar-refractivity contribution in [3.63, 3.8) is 0 Å². The average molecular weight is 356 g/mol. The summed E-state index contributed by atoms with van der Waals surface area (Å²) in [4.78, 5) is 0. The minimum atomic E-state index is -4.00. The second kappa shape index (κ2) is 7.20. The molecule has 0 radical (unpaired) electrons. The molecule has 3 rings (SSSR count). The van der Waals surface area contributed by atoms with E-state index < -0.39 is 7.82 Å². The van der Waals surface area contributed by atoms with E-state index in [1.807, 2.05) is 6.07 Å². The Morgan fingerprint density at radius 1 is 0.560 bits per heavy atom. The van der Waals surface area contributed by atoms with Crippen LogP contribution in [-0.4, -0.2) is 0 Å². The molecule has 0 amide bonds. The second-order valence-electron chi connectivity index (χ2n) is 5.17. The lowest BCUT2D eigenvalue weighted by Crippen LogP contribution is -2.07. The van der Waals surface area contributed by atoms with Gasteiger partial charge >= 0.3 is 7.82 Å². The largest absolute Gasteiger partial charge is 0.647 e. The number of nitrogen functional groups attached to an aromatic ring is 2. The van der Waals surface area contributed by atoms with Crippen LogP contribution in [-0.2, 0) is 4.57 Å². The predicted octanol–water partition coefficient (Wildman–Crippen LogP) is 4.50. The molecule has 0 saturated heterocycles. The van der Waals surface area contributed by atoms with Gasteiger partial charge in [0, 0.05) is 11.4 Å². The van der Waals surface area contributed by atoms with Gasteiger partial charge in [-0.2, -0.15) is 4.57 Å². The maximum absolute atomic E-state index is 13.2. The van der Waals surface area contributed by atoms with Gasteiger partial charge < -0.3 is 25.0 Å². The first kappa shape index (κ1) is 16.7. The normalized spacial score (nSPS) is 10.9. The van der Waals surface area contributed by atoms with Crippen molar-refractivity contribution in [3.8, 4) is 17.2 Å². The zero-order chi connectivity index (χ0) is 17.7. The number of rotatable bonds is 6. The number of nitrogens with two attached hydrogens (primary N) is 2. The third-order valence-corrected chi connectivity index (χ3v) is 4.46. The van der Waals surface area contributed by atoms with Crippen molar-refractivity contribution in [2.45, 2.75) is 0 Å². The zero-order valence-corrected chi connectivity index (χ0v) is 14.1. The molecule has 128 valence electrons. The Kier molecular flexibility index (Phi) is 4.82. The summed E-state index contributed by atoms with van der Waals surface area (Å²) >= 11 is 0. The Morgan fingerprint density at radius 3 is 1.32 bits per heavy atom. The standard InChI is InChI=1S/C18H17N2O4P/c19-14-6-10-17(11-7-14)23-25(21,22-16-4-2-1-3-5-16)24-18-12-8-15(20)9-13-18/h1-13H,19-20H2. The number of hydrogen-bond acceptors (Lipinski definition) is 6. The fourth-order valence-electron chi connectivity index (χ4n) is 1.98. The van der Waals surface area contributed by atoms with E-state index in [1.54, 1.807) is 72.8 Å². The highest BCUT2D eigenvalue weighted by Gasteiger charge is 2.33. The van der Waals surface area contributed by atoms with Gasteiger partial charge in [0.1, 0.15) is 17.2 Å². The molecule has 0 aliphatic carbocycles. The first-order valence-electron chi connectivity index (χ1n) is 7.47.